The topological polar surface area (TPSA) is 190 Å². The van der Waals surface area contributed by atoms with Gasteiger partial charge in [-0.3, -0.25) is 4.79 Å². The Morgan fingerprint density at radius 2 is 1.29 bits per heavy atom. The number of ether oxygens (including phenoxy) is 2. The van der Waals surface area contributed by atoms with Crippen LogP contribution >= 0.6 is 0 Å². The Morgan fingerprint density at radius 1 is 0.683 bits per heavy atom. The third-order valence-corrected chi connectivity index (χ3v) is 7.48. The number of phenolic OH excluding ortho intramolecular Hbond substituents is 5. The summed E-state index contributed by atoms with van der Waals surface area (Å²) in [6, 6.07) is 14.5. The number of benzene rings is 4. The molecule has 5 aromatic rings. The zero-order valence-electron chi connectivity index (χ0n) is 20.8. The molecule has 0 radical (unpaired) electrons. The highest BCUT2D eigenvalue weighted by Gasteiger charge is 2.59. The maximum atomic E-state index is 13.4. The van der Waals surface area contributed by atoms with Crippen LogP contribution < -0.4 is 14.9 Å². The van der Waals surface area contributed by atoms with Gasteiger partial charge in [0.25, 0.3) is 0 Å². The lowest BCUT2D eigenvalue weighted by Gasteiger charge is -2.49. The summed E-state index contributed by atoms with van der Waals surface area (Å²) in [5.74, 6) is -5.87. The number of rotatable bonds is 2. The lowest BCUT2D eigenvalue weighted by atomic mass is 9.75. The molecule has 7 N–H and O–H groups in total. The molecule has 11 heteroatoms. The number of aromatic hydroxyl groups is 6. The Bertz CT molecular complexity index is 1940. The standard InChI is InChI=1S/C30H20O11/c31-14-5-1-12(2-6-14)27-26(37)25(36)22-18(35)11-20-23(28(22)39-27)24-21-17(34)9-16(33)10-19(21)40-30(41-20,29(24)38)13-3-7-15(32)8-4-13/h1-11,24,29,31-35,37-38H/t24-,29-,30+/m0/s1. The molecule has 0 spiro atoms. The van der Waals surface area contributed by atoms with Crippen LogP contribution in [0.5, 0.6) is 46.0 Å². The van der Waals surface area contributed by atoms with E-state index in [1.807, 2.05) is 0 Å². The second kappa shape index (κ2) is 8.23. The Balaban J connectivity index is 1.59. The van der Waals surface area contributed by atoms with E-state index >= 15 is 0 Å². The summed E-state index contributed by atoms with van der Waals surface area (Å²) in [5.41, 5.74) is -0.627. The number of hydrogen-bond donors (Lipinski definition) is 7. The number of fused-ring (bicyclic) bond motifs is 8. The smallest absolute Gasteiger partial charge is 0.305 e. The first-order valence-electron chi connectivity index (χ1n) is 12.4. The minimum Gasteiger partial charge on any atom is -0.508 e. The van der Waals surface area contributed by atoms with Gasteiger partial charge in [0.1, 0.15) is 57.3 Å². The number of phenols is 5. The molecule has 0 unspecified atom stereocenters. The first-order chi connectivity index (χ1) is 19.6. The molecule has 2 aliphatic heterocycles. The maximum Gasteiger partial charge on any atom is 0.305 e. The van der Waals surface area contributed by atoms with Crippen LogP contribution in [0, 0.1) is 0 Å². The summed E-state index contributed by atoms with van der Waals surface area (Å²) < 4.78 is 18.4. The van der Waals surface area contributed by atoms with Crippen molar-refractivity contribution in [3.05, 3.63) is 93.6 Å². The quantitative estimate of drug-likeness (QED) is 0.167. The van der Waals surface area contributed by atoms with Crippen LogP contribution in [0.15, 0.2) is 75.9 Å². The SMILES string of the molecule is O=c1c(O)c(-c2ccc(O)cc2)oc2c3c(cc(O)c12)O[C@@]1(c2ccc(O)cc2)Oc2cc(O)cc(O)c2[C@@H]3[C@@H]1O. The maximum absolute atomic E-state index is 13.4. The van der Waals surface area contributed by atoms with E-state index in [0.717, 1.165) is 12.1 Å². The highest BCUT2D eigenvalue weighted by atomic mass is 16.7. The zero-order valence-corrected chi connectivity index (χ0v) is 20.8. The fraction of sp³-hybridized carbons (Fsp3) is 0.100. The van der Waals surface area contributed by atoms with Gasteiger partial charge in [0.05, 0.1) is 5.92 Å². The molecule has 41 heavy (non-hydrogen) atoms. The third kappa shape index (κ3) is 3.33. The van der Waals surface area contributed by atoms with Crippen molar-refractivity contribution in [2.75, 3.05) is 0 Å². The predicted molar refractivity (Wildman–Crippen MR) is 142 cm³/mol. The summed E-state index contributed by atoms with van der Waals surface area (Å²) in [6.45, 7) is 0. The van der Waals surface area contributed by atoms with Gasteiger partial charge in [0.15, 0.2) is 5.76 Å². The Kier molecular flexibility index (Phi) is 4.91. The van der Waals surface area contributed by atoms with Gasteiger partial charge in [0.2, 0.25) is 11.2 Å². The van der Waals surface area contributed by atoms with E-state index in [1.165, 1.54) is 54.6 Å². The van der Waals surface area contributed by atoms with Crippen LogP contribution in [0.3, 0.4) is 0 Å². The molecule has 4 aromatic carbocycles. The van der Waals surface area contributed by atoms with E-state index in [-0.39, 0.29) is 62.3 Å². The minimum absolute atomic E-state index is 0.0439. The molecule has 1 aromatic heterocycles. The summed E-state index contributed by atoms with van der Waals surface area (Å²) in [4.78, 5) is 13.4. The van der Waals surface area contributed by atoms with E-state index in [2.05, 4.69) is 0 Å². The highest BCUT2D eigenvalue weighted by molar-refractivity contribution is 5.92. The largest absolute Gasteiger partial charge is 0.508 e. The van der Waals surface area contributed by atoms with Crippen LogP contribution in [0.25, 0.3) is 22.3 Å². The fourth-order valence-corrected chi connectivity index (χ4v) is 5.65. The molecule has 0 amide bonds. The van der Waals surface area contributed by atoms with E-state index in [4.69, 9.17) is 13.9 Å². The van der Waals surface area contributed by atoms with Gasteiger partial charge >= 0.3 is 5.79 Å². The molecule has 3 heterocycles. The van der Waals surface area contributed by atoms with Crippen molar-refractivity contribution in [1.82, 2.24) is 0 Å². The van der Waals surface area contributed by atoms with E-state index < -0.39 is 45.9 Å². The molecule has 0 fully saturated rings. The number of aliphatic hydroxyl groups is 1. The van der Waals surface area contributed by atoms with Crippen molar-refractivity contribution in [3.8, 4) is 57.3 Å². The molecule has 3 atom stereocenters. The van der Waals surface area contributed by atoms with Gasteiger partial charge in [0, 0.05) is 40.5 Å². The van der Waals surface area contributed by atoms with Gasteiger partial charge in [-0.25, -0.2) is 0 Å². The molecule has 2 bridgehead atoms. The Morgan fingerprint density at radius 3 is 1.95 bits per heavy atom. The average molecular weight is 556 g/mol. The van der Waals surface area contributed by atoms with Crippen molar-refractivity contribution in [2.24, 2.45) is 0 Å². The van der Waals surface area contributed by atoms with Crippen LogP contribution in [-0.4, -0.2) is 41.8 Å². The molecule has 11 nitrogen and oxygen atoms in total. The van der Waals surface area contributed by atoms with Crippen molar-refractivity contribution in [1.29, 1.82) is 0 Å². The first kappa shape index (κ1) is 24.5. The summed E-state index contributed by atoms with van der Waals surface area (Å²) in [6.07, 6.45) is -1.61. The van der Waals surface area contributed by atoms with Crippen molar-refractivity contribution < 1.29 is 49.6 Å². The fourth-order valence-electron chi connectivity index (χ4n) is 5.65. The molecule has 0 saturated carbocycles. The third-order valence-electron chi connectivity index (χ3n) is 7.48. The Hall–Kier alpha value is -5.55. The predicted octanol–water partition coefficient (Wildman–Crippen LogP) is 3.82. The Labute approximate surface area is 229 Å². The monoisotopic (exact) mass is 556 g/mol. The highest BCUT2D eigenvalue weighted by Crippen LogP contribution is 2.60. The molecular weight excluding hydrogens is 536 g/mol. The number of aliphatic hydroxyl groups excluding tert-OH is 1. The minimum atomic E-state index is -1.99. The molecule has 0 aliphatic carbocycles. The second-order valence-electron chi connectivity index (χ2n) is 9.89. The molecule has 7 rings (SSSR count). The summed E-state index contributed by atoms with van der Waals surface area (Å²) >= 11 is 0. The van der Waals surface area contributed by atoms with Crippen LogP contribution in [0.4, 0.5) is 0 Å². The molecular formula is C30H20O11. The zero-order chi connectivity index (χ0) is 28.8. The lowest BCUT2D eigenvalue weighted by molar-refractivity contribution is -0.218. The number of hydrogen-bond acceptors (Lipinski definition) is 11. The van der Waals surface area contributed by atoms with Crippen molar-refractivity contribution in [3.63, 3.8) is 0 Å². The van der Waals surface area contributed by atoms with E-state index in [0.29, 0.717) is 0 Å². The molecule has 2 aliphatic rings. The van der Waals surface area contributed by atoms with Gasteiger partial charge in [-0.2, -0.15) is 0 Å². The van der Waals surface area contributed by atoms with Crippen LogP contribution in [0.2, 0.25) is 0 Å². The lowest BCUT2D eigenvalue weighted by Crippen LogP contribution is -2.57. The van der Waals surface area contributed by atoms with E-state index in [1.54, 1.807) is 0 Å². The summed E-state index contributed by atoms with van der Waals surface area (Å²) in [5, 5.41) is 73.9. The second-order valence-corrected chi connectivity index (χ2v) is 9.89. The van der Waals surface area contributed by atoms with Crippen molar-refractivity contribution >= 4 is 11.0 Å². The summed E-state index contributed by atoms with van der Waals surface area (Å²) in [7, 11) is 0. The molecule has 206 valence electrons. The van der Waals surface area contributed by atoms with Crippen LogP contribution in [0.1, 0.15) is 22.6 Å². The van der Waals surface area contributed by atoms with E-state index in [9.17, 15) is 40.5 Å². The molecule has 0 saturated heterocycles. The van der Waals surface area contributed by atoms with Gasteiger partial charge < -0.3 is 49.6 Å². The van der Waals surface area contributed by atoms with Gasteiger partial charge in [-0.1, -0.05) is 0 Å². The first-order valence-corrected chi connectivity index (χ1v) is 12.4. The van der Waals surface area contributed by atoms with Crippen molar-refractivity contribution in [2.45, 2.75) is 17.8 Å². The van der Waals surface area contributed by atoms with Gasteiger partial charge in [-0.05, 0) is 48.5 Å². The van der Waals surface area contributed by atoms with Gasteiger partial charge in [-0.15, -0.1) is 0 Å². The van der Waals surface area contributed by atoms with Crippen LogP contribution in [-0.2, 0) is 5.79 Å². The normalized spacial score (nSPS) is 20.5. The average Bonchev–Trinajstić information content (AvgIpc) is 2.92.